The van der Waals surface area contributed by atoms with Crippen molar-refractivity contribution >= 4 is 27.8 Å². The van der Waals surface area contributed by atoms with Gasteiger partial charge in [0.2, 0.25) is 0 Å². The Hall–Kier alpha value is -1.30. The Morgan fingerprint density at radius 3 is 2.65 bits per heavy atom. The highest BCUT2D eigenvalue weighted by Crippen LogP contribution is 2.18. The number of hydrogen-bond acceptors (Lipinski definition) is 3. The van der Waals surface area contributed by atoms with Crippen molar-refractivity contribution in [2.75, 3.05) is 13.1 Å². The first-order valence-electron chi connectivity index (χ1n) is 6.81. The fraction of sp³-hybridized carbons (Fsp3) is 0.571. The van der Waals surface area contributed by atoms with Gasteiger partial charge in [0, 0.05) is 23.8 Å². The number of aromatic amines is 1. The molecule has 1 N–H and O–H groups in total. The number of nitrogens with one attached hydrogen (secondary N) is 1. The predicted octanol–water partition coefficient (Wildman–Crippen LogP) is 2.58. The van der Waals surface area contributed by atoms with E-state index in [0.717, 1.165) is 30.4 Å². The number of ether oxygens (including phenoxy) is 1. The maximum absolute atomic E-state index is 12.2. The van der Waals surface area contributed by atoms with E-state index in [1.807, 2.05) is 0 Å². The van der Waals surface area contributed by atoms with Gasteiger partial charge in [0.15, 0.2) is 6.10 Å². The summed E-state index contributed by atoms with van der Waals surface area (Å²) in [5.74, 6) is 0.0333. The van der Waals surface area contributed by atoms with E-state index in [0.29, 0.717) is 11.6 Å². The van der Waals surface area contributed by atoms with Crippen LogP contribution in [-0.2, 0) is 9.53 Å². The molecule has 2 rings (SSSR count). The van der Waals surface area contributed by atoms with Gasteiger partial charge in [-0.1, -0.05) is 6.92 Å². The third-order valence-corrected chi connectivity index (χ3v) is 4.05. The predicted molar refractivity (Wildman–Crippen MR) is 78.3 cm³/mol. The molecule has 0 bridgehead atoms. The summed E-state index contributed by atoms with van der Waals surface area (Å²) in [7, 11) is 0. The highest BCUT2D eigenvalue weighted by molar-refractivity contribution is 9.10. The van der Waals surface area contributed by atoms with Crippen LogP contribution < -0.4 is 0 Å². The summed E-state index contributed by atoms with van der Waals surface area (Å²) < 4.78 is 5.98. The van der Waals surface area contributed by atoms with Gasteiger partial charge in [-0.15, -0.1) is 0 Å². The van der Waals surface area contributed by atoms with Crippen LogP contribution >= 0.6 is 15.9 Å². The molecule has 0 aliphatic carbocycles. The third-order valence-electron chi connectivity index (χ3n) is 3.59. The molecule has 1 amide bonds. The molecule has 2 heterocycles. The van der Waals surface area contributed by atoms with Gasteiger partial charge in [-0.3, -0.25) is 4.79 Å². The van der Waals surface area contributed by atoms with Crippen LogP contribution in [0.4, 0.5) is 0 Å². The molecule has 1 aliphatic rings. The van der Waals surface area contributed by atoms with Crippen molar-refractivity contribution in [3.8, 4) is 0 Å². The molecule has 1 atom stereocenters. The zero-order valence-corrected chi connectivity index (χ0v) is 13.3. The van der Waals surface area contributed by atoms with Crippen LogP contribution in [-0.4, -0.2) is 41.0 Å². The number of aromatic nitrogens is 1. The number of esters is 1. The van der Waals surface area contributed by atoms with E-state index in [4.69, 9.17) is 4.74 Å². The maximum atomic E-state index is 12.2. The molecule has 0 saturated carbocycles. The summed E-state index contributed by atoms with van der Waals surface area (Å²) in [6.07, 6.45) is 2.92. The van der Waals surface area contributed by atoms with Crippen LogP contribution in [0.25, 0.3) is 0 Å². The fourth-order valence-corrected chi connectivity index (χ4v) is 2.59. The van der Waals surface area contributed by atoms with Crippen molar-refractivity contribution in [3.63, 3.8) is 0 Å². The molecule has 110 valence electrons. The van der Waals surface area contributed by atoms with Crippen LogP contribution in [0, 0.1) is 5.92 Å². The number of H-pyrrole nitrogens is 1. The van der Waals surface area contributed by atoms with Crippen molar-refractivity contribution in [1.82, 2.24) is 9.88 Å². The van der Waals surface area contributed by atoms with E-state index in [1.54, 1.807) is 24.1 Å². The zero-order chi connectivity index (χ0) is 14.7. The summed E-state index contributed by atoms with van der Waals surface area (Å²) in [6.45, 7) is 5.30. The standard InChI is InChI=1S/C14H19BrN2O3/c1-9-3-5-17(6-4-9)13(18)10(2)20-14(19)12-7-11(15)8-16-12/h7-10,16H,3-6H2,1-2H3. The Kier molecular flexibility index (Phi) is 4.86. The van der Waals surface area contributed by atoms with Gasteiger partial charge in [0.25, 0.3) is 5.91 Å². The first-order valence-corrected chi connectivity index (χ1v) is 7.60. The lowest BCUT2D eigenvalue weighted by molar-refractivity contribution is -0.141. The highest BCUT2D eigenvalue weighted by atomic mass is 79.9. The molecule has 1 aromatic heterocycles. The Labute approximate surface area is 126 Å². The van der Waals surface area contributed by atoms with Gasteiger partial charge in [0.1, 0.15) is 5.69 Å². The smallest absolute Gasteiger partial charge is 0.355 e. The first kappa shape index (κ1) is 15.1. The summed E-state index contributed by atoms with van der Waals surface area (Å²) in [4.78, 5) is 28.6. The Balaban J connectivity index is 1.89. The molecule has 1 aromatic rings. The van der Waals surface area contributed by atoms with Gasteiger partial charge in [-0.25, -0.2) is 4.79 Å². The summed E-state index contributed by atoms with van der Waals surface area (Å²) in [5.41, 5.74) is 0.337. The van der Waals surface area contributed by atoms with Gasteiger partial charge in [0.05, 0.1) is 0 Å². The lowest BCUT2D eigenvalue weighted by atomic mass is 9.99. The lowest BCUT2D eigenvalue weighted by Gasteiger charge is -2.31. The molecule has 6 heteroatoms. The highest BCUT2D eigenvalue weighted by Gasteiger charge is 2.27. The zero-order valence-electron chi connectivity index (χ0n) is 11.7. The normalized spacial score (nSPS) is 17.9. The molecular formula is C14H19BrN2O3. The topological polar surface area (TPSA) is 62.4 Å². The second-order valence-corrected chi connectivity index (χ2v) is 6.20. The average Bonchev–Trinajstić information content (AvgIpc) is 2.85. The number of amides is 1. The largest absolute Gasteiger partial charge is 0.448 e. The van der Waals surface area contributed by atoms with Crippen LogP contribution in [0.3, 0.4) is 0 Å². The van der Waals surface area contributed by atoms with Crippen molar-refractivity contribution < 1.29 is 14.3 Å². The number of rotatable bonds is 3. The van der Waals surface area contributed by atoms with Crippen LogP contribution in [0.1, 0.15) is 37.2 Å². The number of halogens is 1. The minimum atomic E-state index is -0.752. The number of likely N-dealkylation sites (tertiary alicyclic amines) is 1. The molecule has 0 spiro atoms. The third kappa shape index (κ3) is 3.62. The summed E-state index contributed by atoms with van der Waals surface area (Å²) in [5, 5.41) is 0. The number of hydrogen-bond donors (Lipinski definition) is 1. The van der Waals surface area contributed by atoms with Crippen LogP contribution in [0.5, 0.6) is 0 Å². The minimum Gasteiger partial charge on any atom is -0.448 e. The monoisotopic (exact) mass is 342 g/mol. The molecule has 5 nitrogen and oxygen atoms in total. The molecule has 1 fully saturated rings. The van der Waals surface area contributed by atoms with Gasteiger partial charge in [-0.2, -0.15) is 0 Å². The Morgan fingerprint density at radius 2 is 2.10 bits per heavy atom. The molecule has 20 heavy (non-hydrogen) atoms. The van der Waals surface area contributed by atoms with Crippen molar-refractivity contribution in [2.45, 2.75) is 32.8 Å². The quantitative estimate of drug-likeness (QED) is 0.858. The minimum absolute atomic E-state index is 0.115. The van der Waals surface area contributed by atoms with Crippen molar-refractivity contribution in [3.05, 3.63) is 22.4 Å². The van der Waals surface area contributed by atoms with E-state index in [-0.39, 0.29) is 5.91 Å². The second-order valence-electron chi connectivity index (χ2n) is 5.29. The van der Waals surface area contributed by atoms with E-state index in [2.05, 4.69) is 27.8 Å². The van der Waals surface area contributed by atoms with E-state index in [9.17, 15) is 9.59 Å². The van der Waals surface area contributed by atoms with Crippen molar-refractivity contribution in [1.29, 1.82) is 0 Å². The molecule has 0 aromatic carbocycles. The Morgan fingerprint density at radius 1 is 1.45 bits per heavy atom. The van der Waals surface area contributed by atoms with Crippen molar-refractivity contribution in [2.24, 2.45) is 5.92 Å². The molecular weight excluding hydrogens is 324 g/mol. The average molecular weight is 343 g/mol. The molecule has 1 saturated heterocycles. The number of carbonyl (C=O) groups excluding carboxylic acids is 2. The first-order chi connectivity index (χ1) is 9.47. The van der Waals surface area contributed by atoms with Gasteiger partial charge >= 0.3 is 5.97 Å². The second kappa shape index (κ2) is 6.43. The maximum Gasteiger partial charge on any atom is 0.355 e. The molecule has 1 aliphatic heterocycles. The van der Waals surface area contributed by atoms with E-state index < -0.39 is 12.1 Å². The van der Waals surface area contributed by atoms with Crippen LogP contribution in [0.2, 0.25) is 0 Å². The lowest BCUT2D eigenvalue weighted by Crippen LogP contribution is -2.44. The number of carbonyl (C=O) groups is 2. The van der Waals surface area contributed by atoms with E-state index in [1.165, 1.54) is 0 Å². The Bertz CT molecular complexity index is 492. The molecule has 1 unspecified atom stereocenters. The van der Waals surface area contributed by atoms with Crippen LogP contribution in [0.15, 0.2) is 16.7 Å². The number of piperidine rings is 1. The number of nitrogens with zero attached hydrogens (tertiary/aromatic N) is 1. The summed E-state index contributed by atoms with van der Waals surface area (Å²) in [6, 6.07) is 1.63. The summed E-state index contributed by atoms with van der Waals surface area (Å²) >= 11 is 3.25. The van der Waals surface area contributed by atoms with E-state index >= 15 is 0 Å². The van der Waals surface area contributed by atoms with Gasteiger partial charge in [-0.05, 0) is 47.7 Å². The SMILES string of the molecule is CC1CCN(C(=O)C(C)OC(=O)c2cc(Br)c[nH]2)CC1. The fourth-order valence-electron chi connectivity index (χ4n) is 2.25. The molecule has 0 radical (unpaired) electrons. The van der Waals surface area contributed by atoms with Gasteiger partial charge < -0.3 is 14.6 Å².